The van der Waals surface area contributed by atoms with Gasteiger partial charge in [-0.25, -0.2) is 0 Å². The molecule has 0 radical (unpaired) electrons. The van der Waals surface area contributed by atoms with E-state index in [0.29, 0.717) is 0 Å². The smallest absolute Gasteiger partial charge is 1.00 e. The zero-order valence-electron chi connectivity index (χ0n) is 6.04. The predicted molar refractivity (Wildman–Crippen MR) is 31.1 cm³/mol. The fraction of sp³-hybridized carbons (Fsp3) is 0.429. The molecule has 0 fully saturated rings. The minimum atomic E-state index is 0. The molecule has 0 aromatic heterocycles. The van der Waals surface area contributed by atoms with Crippen molar-refractivity contribution < 1.29 is 49.2 Å². The van der Waals surface area contributed by atoms with Crippen LogP contribution in [0.4, 0.5) is 0 Å². The molecule has 0 aliphatic heterocycles. The van der Waals surface area contributed by atoms with Crippen LogP contribution in [0.1, 0.15) is 20.3 Å². The van der Waals surface area contributed by atoms with Crippen molar-refractivity contribution in [2.24, 2.45) is 0 Å². The van der Waals surface area contributed by atoms with Gasteiger partial charge < -0.3 is 24.8 Å². The third kappa shape index (κ3) is 3.36. The van der Waals surface area contributed by atoms with Gasteiger partial charge in [-0.1, -0.05) is 0 Å². The van der Waals surface area contributed by atoms with E-state index >= 15 is 0 Å². The van der Waals surface area contributed by atoms with Crippen LogP contribution in [0, 0.1) is 0 Å². The monoisotopic (exact) mass is 343 g/mol. The van der Waals surface area contributed by atoms with Gasteiger partial charge in [-0.05, 0) is 0 Å². The number of hydrogen-bond donors (Lipinski definition) is 0. The van der Waals surface area contributed by atoms with Crippen molar-refractivity contribution in [3.8, 4) is 0 Å². The summed E-state index contributed by atoms with van der Waals surface area (Å²) in [5.74, 6) is 0. The Morgan fingerprint density at radius 1 is 1.30 bits per heavy atom. The Hall–Kier alpha value is 0.930. The fourth-order valence-corrected chi connectivity index (χ4v) is 2.59. The van der Waals surface area contributed by atoms with E-state index < -0.39 is 0 Å². The third-order valence-electron chi connectivity index (χ3n) is 1.52. The summed E-state index contributed by atoms with van der Waals surface area (Å²) in [6.45, 7) is 4.41. The van der Waals surface area contributed by atoms with Crippen LogP contribution in [0.2, 0.25) is 0 Å². The topological polar surface area (TPSA) is 0 Å². The molecule has 0 saturated heterocycles. The summed E-state index contributed by atoms with van der Waals surface area (Å²) in [7, 11) is 0. The van der Waals surface area contributed by atoms with Crippen LogP contribution in [0.5, 0.6) is 0 Å². The molecule has 0 atom stereocenters. The maximum Gasteiger partial charge on any atom is -1.00 e. The summed E-state index contributed by atoms with van der Waals surface area (Å²) in [5, 5.41) is 0. The summed E-state index contributed by atoms with van der Waals surface area (Å²) in [4.78, 5) is 0. The van der Waals surface area contributed by atoms with Gasteiger partial charge in [-0.15, -0.1) is 0 Å². The van der Waals surface area contributed by atoms with Crippen LogP contribution < -0.4 is 24.8 Å². The number of allylic oxidation sites excluding steroid dienone is 4. The molecule has 1 rings (SSSR count). The Labute approximate surface area is 89.5 Å². The largest absolute Gasteiger partial charge is 1.00 e. The first-order chi connectivity index (χ1) is 3.70. The summed E-state index contributed by atoms with van der Waals surface area (Å²) >= 11 is 1.25. The maximum atomic E-state index is 2.32. The minimum Gasteiger partial charge on any atom is -1.00 e. The average molecular weight is 343 g/mol. The third-order valence-corrected chi connectivity index (χ3v) is 2.67. The van der Waals surface area contributed by atoms with E-state index in [-0.39, 0.29) is 24.8 Å². The molecule has 1 aliphatic carbocycles. The van der Waals surface area contributed by atoms with Gasteiger partial charge in [0.25, 0.3) is 0 Å². The van der Waals surface area contributed by atoms with Crippen molar-refractivity contribution >= 4 is 0 Å². The molecule has 0 unspecified atom stereocenters. The van der Waals surface area contributed by atoms with E-state index in [1.165, 1.54) is 36.4 Å². The van der Waals surface area contributed by atoms with E-state index in [1.54, 1.807) is 8.90 Å². The van der Waals surface area contributed by atoms with Gasteiger partial charge >= 0.3 is 65.2 Å². The van der Waals surface area contributed by atoms with Crippen molar-refractivity contribution in [3.05, 3.63) is 20.6 Å². The van der Waals surface area contributed by atoms with Gasteiger partial charge in [0.15, 0.2) is 0 Å². The fourth-order valence-electron chi connectivity index (χ4n) is 0.861. The van der Waals surface area contributed by atoms with Crippen molar-refractivity contribution in [2.45, 2.75) is 20.3 Å². The predicted octanol–water partition coefficient (Wildman–Crippen LogP) is -3.83. The molecule has 10 heavy (non-hydrogen) atoms. The van der Waals surface area contributed by atoms with E-state index in [0.717, 1.165) is 0 Å². The quantitative estimate of drug-likeness (QED) is 0.396. The number of hydrogen-bond acceptors (Lipinski definition) is 0. The molecule has 55 valence electrons. The van der Waals surface area contributed by atoms with Crippen molar-refractivity contribution in [3.63, 3.8) is 0 Å². The molecular formula is C7H9Cl2Hf. The molecule has 0 amide bonds. The minimum absolute atomic E-state index is 0. The summed E-state index contributed by atoms with van der Waals surface area (Å²) in [6, 6.07) is 0. The van der Waals surface area contributed by atoms with Crippen LogP contribution >= 0.6 is 0 Å². The molecule has 0 saturated carbocycles. The first-order valence-electron chi connectivity index (χ1n) is 2.78. The second-order valence-electron chi connectivity index (χ2n) is 2.31. The van der Waals surface area contributed by atoms with Crippen LogP contribution in [0.15, 0.2) is 20.6 Å². The first-order valence-corrected chi connectivity index (χ1v) is 4.58. The SMILES string of the molecule is CC1=C(C)C[C]([Hf+2])=C1.[Cl-].[Cl-]. The van der Waals surface area contributed by atoms with Gasteiger partial charge in [-0.3, -0.25) is 0 Å². The molecule has 0 aromatic carbocycles. The molecule has 3 heteroatoms. The zero-order valence-corrected chi connectivity index (χ0v) is 11.1. The van der Waals surface area contributed by atoms with Crippen molar-refractivity contribution in [2.75, 3.05) is 0 Å². The average Bonchev–Trinajstić information content (AvgIpc) is 1.85. The number of rotatable bonds is 0. The van der Waals surface area contributed by atoms with Crippen LogP contribution in [0.3, 0.4) is 0 Å². The Morgan fingerprint density at radius 2 is 1.80 bits per heavy atom. The first kappa shape index (κ1) is 13.5. The molecular weight excluding hydrogens is 333 g/mol. The van der Waals surface area contributed by atoms with Crippen molar-refractivity contribution in [1.29, 1.82) is 0 Å². The number of halogens is 2. The molecule has 0 aromatic rings. The normalized spacial score (nSPS) is 15.8. The Morgan fingerprint density at radius 3 is 1.90 bits per heavy atom. The van der Waals surface area contributed by atoms with E-state index in [1.807, 2.05) is 0 Å². The second kappa shape index (κ2) is 5.56. The molecule has 0 heterocycles. The Kier molecular flexibility index (Phi) is 7.52. The van der Waals surface area contributed by atoms with Gasteiger partial charge in [0.2, 0.25) is 0 Å². The Bertz CT molecular complexity index is 170. The molecule has 0 bridgehead atoms. The Balaban J connectivity index is 0. The summed E-state index contributed by atoms with van der Waals surface area (Å²) in [5.41, 5.74) is 3.06. The van der Waals surface area contributed by atoms with E-state index in [9.17, 15) is 0 Å². The van der Waals surface area contributed by atoms with E-state index in [4.69, 9.17) is 0 Å². The summed E-state index contributed by atoms with van der Waals surface area (Å²) in [6.07, 6.45) is 3.58. The zero-order chi connectivity index (χ0) is 6.15. The summed E-state index contributed by atoms with van der Waals surface area (Å²) < 4.78 is 1.64. The van der Waals surface area contributed by atoms with E-state index in [2.05, 4.69) is 19.9 Å². The van der Waals surface area contributed by atoms with Crippen LogP contribution in [0.25, 0.3) is 0 Å². The standard InChI is InChI=1S/C7H9.2ClH.Hf/c1-6-4-3-5-7(6)2;;;/h4H,5H2,1-2H3;2*1H;/q;;;+2/p-2. The van der Waals surface area contributed by atoms with Gasteiger partial charge in [0, 0.05) is 0 Å². The van der Waals surface area contributed by atoms with Gasteiger partial charge in [-0.2, -0.15) is 0 Å². The van der Waals surface area contributed by atoms with Crippen molar-refractivity contribution in [1.82, 2.24) is 0 Å². The van der Waals surface area contributed by atoms with Gasteiger partial charge in [0.05, 0.1) is 0 Å². The van der Waals surface area contributed by atoms with Crippen LogP contribution in [-0.2, 0) is 24.4 Å². The van der Waals surface area contributed by atoms with Gasteiger partial charge in [0.1, 0.15) is 0 Å². The second-order valence-corrected chi connectivity index (χ2v) is 4.62. The molecule has 0 spiro atoms. The molecule has 0 N–H and O–H groups in total. The maximum absolute atomic E-state index is 2.32. The molecule has 0 nitrogen and oxygen atoms in total. The molecule has 1 aliphatic rings. The van der Waals surface area contributed by atoms with Crippen LogP contribution in [-0.4, -0.2) is 0 Å².